The molecule has 2 atom stereocenters. The van der Waals surface area contributed by atoms with Crippen molar-refractivity contribution in [1.29, 1.82) is 0 Å². The first-order valence-corrected chi connectivity index (χ1v) is 7.57. The number of carbonyl (C=O) groups excluding carboxylic acids is 1. The highest BCUT2D eigenvalue weighted by Gasteiger charge is 2.22. The molecule has 23 heavy (non-hydrogen) atoms. The van der Waals surface area contributed by atoms with Crippen LogP contribution < -0.4 is 15.5 Å². The van der Waals surface area contributed by atoms with Gasteiger partial charge in [-0.15, -0.1) is 0 Å². The van der Waals surface area contributed by atoms with E-state index >= 15 is 0 Å². The van der Waals surface area contributed by atoms with Gasteiger partial charge in [-0.1, -0.05) is 0 Å². The van der Waals surface area contributed by atoms with Gasteiger partial charge in [0.2, 0.25) is 0 Å². The predicted molar refractivity (Wildman–Crippen MR) is 85.7 cm³/mol. The molecule has 2 amide bonds. The number of nitrogens with zero attached hydrogens (tertiary/aromatic N) is 2. The third-order valence-electron chi connectivity index (χ3n) is 3.37. The largest absolute Gasteiger partial charge is 0.481 e. The summed E-state index contributed by atoms with van der Waals surface area (Å²) in [5, 5.41) is 13.6. The summed E-state index contributed by atoms with van der Waals surface area (Å²) < 4.78 is 5.69. The van der Waals surface area contributed by atoms with Crippen LogP contribution >= 0.6 is 0 Å². The number of hydrogen-bond acceptors (Lipinski definition) is 5. The number of pyridine rings is 1. The number of aromatic nitrogens is 1. The molecule has 1 aromatic rings. The van der Waals surface area contributed by atoms with E-state index < -0.39 is 12.0 Å². The van der Waals surface area contributed by atoms with Crippen molar-refractivity contribution in [3.8, 4) is 0 Å². The molecule has 2 rings (SSSR count). The van der Waals surface area contributed by atoms with E-state index in [-0.39, 0.29) is 25.2 Å². The number of carbonyl (C=O) groups is 2. The maximum Gasteiger partial charge on any atom is 0.319 e. The van der Waals surface area contributed by atoms with Gasteiger partial charge in [0.05, 0.1) is 30.5 Å². The van der Waals surface area contributed by atoms with Gasteiger partial charge in [0, 0.05) is 19.6 Å². The van der Waals surface area contributed by atoms with Gasteiger partial charge in [0.1, 0.15) is 5.82 Å². The molecule has 126 valence electrons. The smallest absolute Gasteiger partial charge is 0.319 e. The zero-order valence-corrected chi connectivity index (χ0v) is 13.3. The van der Waals surface area contributed by atoms with Crippen molar-refractivity contribution >= 4 is 23.5 Å². The van der Waals surface area contributed by atoms with Gasteiger partial charge in [0.15, 0.2) is 0 Å². The fourth-order valence-electron chi connectivity index (χ4n) is 2.47. The minimum atomic E-state index is -0.953. The Kier molecular flexibility index (Phi) is 5.75. The van der Waals surface area contributed by atoms with E-state index in [0.29, 0.717) is 5.69 Å². The summed E-state index contributed by atoms with van der Waals surface area (Å²) in [4.78, 5) is 28.5. The fraction of sp³-hybridized carbons (Fsp3) is 0.533. The van der Waals surface area contributed by atoms with Crippen LogP contribution in [0.1, 0.15) is 20.3 Å². The Hall–Kier alpha value is -2.35. The van der Waals surface area contributed by atoms with Crippen LogP contribution in [0, 0.1) is 0 Å². The van der Waals surface area contributed by atoms with Gasteiger partial charge in [0.25, 0.3) is 0 Å². The Morgan fingerprint density at radius 1 is 1.35 bits per heavy atom. The molecule has 1 saturated heterocycles. The molecule has 8 nitrogen and oxygen atoms in total. The molecule has 0 bridgehead atoms. The van der Waals surface area contributed by atoms with Gasteiger partial charge >= 0.3 is 12.0 Å². The van der Waals surface area contributed by atoms with Gasteiger partial charge < -0.3 is 25.4 Å². The summed E-state index contributed by atoms with van der Waals surface area (Å²) in [6.07, 6.45) is 1.77. The van der Waals surface area contributed by atoms with Crippen LogP contribution in [-0.2, 0) is 9.53 Å². The number of urea groups is 1. The van der Waals surface area contributed by atoms with Gasteiger partial charge in [-0.2, -0.15) is 0 Å². The minimum Gasteiger partial charge on any atom is -0.481 e. The average Bonchev–Trinajstić information content (AvgIpc) is 2.46. The molecule has 8 heteroatoms. The molecule has 0 saturated carbocycles. The highest BCUT2D eigenvalue weighted by Crippen LogP contribution is 2.19. The van der Waals surface area contributed by atoms with E-state index in [4.69, 9.17) is 9.84 Å². The summed E-state index contributed by atoms with van der Waals surface area (Å²) in [7, 11) is 0. The lowest BCUT2D eigenvalue weighted by Crippen LogP contribution is -2.45. The van der Waals surface area contributed by atoms with E-state index in [0.717, 1.165) is 18.9 Å². The second-order valence-corrected chi connectivity index (χ2v) is 5.59. The van der Waals surface area contributed by atoms with Crippen molar-refractivity contribution < 1.29 is 19.4 Å². The fourth-order valence-corrected chi connectivity index (χ4v) is 2.47. The number of ether oxygens (including phenoxy) is 1. The SMILES string of the molecule is CC1CN(c2ccc(NC(=O)NCCC(=O)O)cn2)CC(C)O1. The Morgan fingerprint density at radius 3 is 2.61 bits per heavy atom. The summed E-state index contributed by atoms with van der Waals surface area (Å²) in [5.74, 6) is -0.117. The number of hydrogen-bond donors (Lipinski definition) is 3. The Labute approximate surface area is 134 Å². The molecule has 0 aliphatic carbocycles. The van der Waals surface area contributed by atoms with Crippen molar-refractivity contribution in [2.75, 3.05) is 29.9 Å². The lowest BCUT2D eigenvalue weighted by atomic mass is 10.2. The van der Waals surface area contributed by atoms with Crippen molar-refractivity contribution in [2.24, 2.45) is 0 Å². The number of nitrogens with one attached hydrogen (secondary N) is 2. The lowest BCUT2D eigenvalue weighted by Gasteiger charge is -2.36. The third-order valence-corrected chi connectivity index (χ3v) is 3.37. The number of morpholine rings is 1. The van der Waals surface area contributed by atoms with E-state index in [1.165, 1.54) is 0 Å². The van der Waals surface area contributed by atoms with Crippen LogP contribution in [-0.4, -0.2) is 53.9 Å². The number of rotatable bonds is 5. The zero-order valence-electron chi connectivity index (χ0n) is 13.3. The topological polar surface area (TPSA) is 104 Å². The first-order valence-electron chi connectivity index (χ1n) is 7.57. The molecule has 0 aromatic carbocycles. The Balaban J connectivity index is 1.86. The first-order chi connectivity index (χ1) is 10.9. The molecular formula is C15H22N4O4. The van der Waals surface area contributed by atoms with E-state index in [9.17, 15) is 9.59 Å². The van der Waals surface area contributed by atoms with Crippen molar-refractivity contribution in [2.45, 2.75) is 32.5 Å². The van der Waals surface area contributed by atoms with Crippen LogP contribution in [0.15, 0.2) is 18.3 Å². The van der Waals surface area contributed by atoms with Gasteiger partial charge in [-0.25, -0.2) is 9.78 Å². The van der Waals surface area contributed by atoms with Gasteiger partial charge in [-0.3, -0.25) is 4.79 Å². The maximum atomic E-state index is 11.6. The van der Waals surface area contributed by atoms with Crippen LogP contribution in [0.2, 0.25) is 0 Å². The normalized spacial score (nSPS) is 20.9. The van der Waals surface area contributed by atoms with Crippen LogP contribution in [0.4, 0.5) is 16.3 Å². The molecule has 2 unspecified atom stereocenters. The Morgan fingerprint density at radius 2 is 2.04 bits per heavy atom. The van der Waals surface area contributed by atoms with Crippen molar-refractivity contribution in [3.05, 3.63) is 18.3 Å². The van der Waals surface area contributed by atoms with Crippen LogP contribution in [0.3, 0.4) is 0 Å². The molecule has 1 aromatic heterocycles. The maximum absolute atomic E-state index is 11.6. The quantitative estimate of drug-likeness (QED) is 0.755. The summed E-state index contributed by atoms with van der Waals surface area (Å²) >= 11 is 0. The second-order valence-electron chi connectivity index (χ2n) is 5.59. The lowest BCUT2D eigenvalue weighted by molar-refractivity contribution is -0.136. The minimum absolute atomic E-state index is 0.0796. The molecular weight excluding hydrogens is 300 g/mol. The number of carboxylic acid groups (broad SMARTS) is 1. The highest BCUT2D eigenvalue weighted by molar-refractivity contribution is 5.89. The monoisotopic (exact) mass is 322 g/mol. The molecule has 0 radical (unpaired) electrons. The van der Waals surface area contributed by atoms with E-state index in [2.05, 4.69) is 20.5 Å². The number of anilines is 2. The summed E-state index contributed by atoms with van der Waals surface area (Å²) in [6.45, 7) is 5.69. The second kappa shape index (κ2) is 7.77. The molecule has 1 fully saturated rings. The number of aliphatic carboxylic acids is 1. The van der Waals surface area contributed by atoms with Gasteiger partial charge in [-0.05, 0) is 26.0 Å². The average molecular weight is 322 g/mol. The summed E-state index contributed by atoms with van der Waals surface area (Å²) in [6, 6.07) is 3.16. The first kappa shape index (κ1) is 17.0. The molecule has 3 N–H and O–H groups in total. The molecule has 1 aliphatic heterocycles. The molecule has 2 heterocycles. The number of carboxylic acids is 1. The Bertz CT molecular complexity index is 539. The zero-order chi connectivity index (χ0) is 16.8. The van der Waals surface area contributed by atoms with Crippen molar-refractivity contribution in [1.82, 2.24) is 10.3 Å². The highest BCUT2D eigenvalue weighted by atomic mass is 16.5. The summed E-state index contributed by atoms with van der Waals surface area (Å²) in [5.41, 5.74) is 0.552. The van der Waals surface area contributed by atoms with E-state index in [1.807, 2.05) is 19.9 Å². The molecule has 1 aliphatic rings. The van der Waals surface area contributed by atoms with Crippen LogP contribution in [0.5, 0.6) is 0 Å². The van der Waals surface area contributed by atoms with Crippen molar-refractivity contribution in [3.63, 3.8) is 0 Å². The number of amides is 2. The van der Waals surface area contributed by atoms with Crippen LogP contribution in [0.25, 0.3) is 0 Å². The van der Waals surface area contributed by atoms with E-state index in [1.54, 1.807) is 12.3 Å². The predicted octanol–water partition coefficient (Wildman–Crippen LogP) is 1.29. The molecule has 0 spiro atoms. The third kappa shape index (κ3) is 5.41. The standard InChI is InChI=1S/C15H22N4O4/c1-10-8-19(9-11(2)23-10)13-4-3-12(7-17-13)18-15(22)16-6-5-14(20)21/h3-4,7,10-11H,5-6,8-9H2,1-2H3,(H,20,21)(H2,16,18,22).